The number of halogens is 2. The van der Waals surface area contributed by atoms with Crippen molar-refractivity contribution >= 4 is 38.6 Å². The molecule has 1 aliphatic carbocycles. The van der Waals surface area contributed by atoms with Crippen molar-refractivity contribution < 1.29 is 9.18 Å². The predicted octanol–water partition coefficient (Wildman–Crippen LogP) is 5.64. The zero-order valence-corrected chi connectivity index (χ0v) is 15.3. The van der Waals surface area contributed by atoms with Crippen LogP contribution in [-0.2, 0) is 4.79 Å². The number of nitrogens with zero attached hydrogens (tertiary/aromatic N) is 1. The van der Waals surface area contributed by atoms with E-state index < -0.39 is 0 Å². The molecule has 5 heteroatoms. The van der Waals surface area contributed by atoms with E-state index in [1.54, 1.807) is 0 Å². The van der Waals surface area contributed by atoms with Gasteiger partial charge >= 0.3 is 0 Å². The Balaban J connectivity index is 2.00. The monoisotopic (exact) mass is 380 g/mol. The highest BCUT2D eigenvalue weighted by Gasteiger charge is 2.25. The van der Waals surface area contributed by atoms with Crippen molar-refractivity contribution in [1.82, 2.24) is 4.57 Å². The Bertz CT molecular complexity index is 756. The smallest absolute Gasteiger partial charge is 0.226 e. The lowest BCUT2D eigenvalue weighted by atomic mass is 9.92. The standard InChI is InChI=1S/C18H22BrFN2O/c1-18(2,3)10-17(23)21-16-8-11-7-14(20)13(19)9-15(11)22(16)12-5-4-6-12/h7-9,12H,4-6,10H2,1-3H3,(H,21,23). The largest absolute Gasteiger partial charge is 0.324 e. The lowest BCUT2D eigenvalue weighted by Gasteiger charge is -2.30. The molecular formula is C18H22BrFN2O. The van der Waals surface area contributed by atoms with Gasteiger partial charge in [-0.25, -0.2) is 4.39 Å². The Kier molecular flexibility index (Phi) is 4.25. The summed E-state index contributed by atoms with van der Waals surface area (Å²) in [5.41, 5.74) is 0.904. The molecule has 1 N–H and O–H groups in total. The second kappa shape index (κ2) is 5.93. The summed E-state index contributed by atoms with van der Waals surface area (Å²) >= 11 is 3.26. The van der Waals surface area contributed by atoms with E-state index in [2.05, 4.69) is 25.8 Å². The van der Waals surface area contributed by atoms with E-state index >= 15 is 0 Å². The van der Waals surface area contributed by atoms with Crippen LogP contribution in [-0.4, -0.2) is 10.5 Å². The third-order valence-electron chi connectivity index (χ3n) is 4.28. The van der Waals surface area contributed by atoms with Gasteiger partial charge in [-0.2, -0.15) is 0 Å². The number of amides is 1. The first-order chi connectivity index (χ1) is 10.7. The van der Waals surface area contributed by atoms with Gasteiger partial charge in [0.15, 0.2) is 0 Å². The van der Waals surface area contributed by atoms with Gasteiger partial charge in [-0.15, -0.1) is 0 Å². The number of rotatable bonds is 3. The molecule has 0 spiro atoms. The van der Waals surface area contributed by atoms with Gasteiger partial charge in [0.2, 0.25) is 5.91 Å². The molecule has 1 amide bonds. The van der Waals surface area contributed by atoms with Crippen LogP contribution in [0.2, 0.25) is 0 Å². The first-order valence-corrected chi connectivity index (χ1v) is 8.84. The molecule has 1 heterocycles. The van der Waals surface area contributed by atoms with E-state index in [1.807, 2.05) is 32.9 Å². The minimum Gasteiger partial charge on any atom is -0.324 e. The molecule has 124 valence electrons. The van der Waals surface area contributed by atoms with Gasteiger partial charge in [-0.05, 0) is 58.8 Å². The third kappa shape index (κ3) is 3.44. The summed E-state index contributed by atoms with van der Waals surface area (Å²) in [5, 5.41) is 3.85. The topological polar surface area (TPSA) is 34.0 Å². The van der Waals surface area contributed by atoms with E-state index in [1.165, 1.54) is 12.5 Å². The zero-order valence-electron chi connectivity index (χ0n) is 13.7. The van der Waals surface area contributed by atoms with Crippen LogP contribution in [0.15, 0.2) is 22.7 Å². The van der Waals surface area contributed by atoms with Crippen LogP contribution < -0.4 is 5.32 Å². The maximum atomic E-state index is 13.8. The van der Waals surface area contributed by atoms with Crippen molar-refractivity contribution in [2.75, 3.05) is 5.32 Å². The molecule has 1 aromatic carbocycles. The first-order valence-electron chi connectivity index (χ1n) is 8.04. The molecule has 3 rings (SSSR count). The summed E-state index contributed by atoms with van der Waals surface area (Å²) in [7, 11) is 0. The van der Waals surface area contributed by atoms with Crippen LogP contribution in [0.3, 0.4) is 0 Å². The van der Waals surface area contributed by atoms with Gasteiger partial charge in [-0.1, -0.05) is 20.8 Å². The molecular weight excluding hydrogens is 359 g/mol. The molecule has 0 saturated heterocycles. The second-order valence-corrected chi connectivity index (χ2v) is 8.45. The summed E-state index contributed by atoms with van der Waals surface area (Å²) in [6, 6.07) is 5.59. The second-order valence-electron chi connectivity index (χ2n) is 7.60. The quantitative estimate of drug-likeness (QED) is 0.733. The van der Waals surface area contributed by atoms with Gasteiger partial charge < -0.3 is 9.88 Å². The van der Waals surface area contributed by atoms with Crippen molar-refractivity contribution in [3.8, 4) is 0 Å². The molecule has 3 nitrogen and oxygen atoms in total. The predicted molar refractivity (Wildman–Crippen MR) is 95.2 cm³/mol. The van der Waals surface area contributed by atoms with Gasteiger partial charge in [-0.3, -0.25) is 4.79 Å². The number of fused-ring (bicyclic) bond motifs is 1. The van der Waals surface area contributed by atoms with Crippen LogP contribution in [0.1, 0.15) is 52.5 Å². The normalized spacial score (nSPS) is 15.7. The number of nitrogens with one attached hydrogen (secondary N) is 1. The Morgan fingerprint density at radius 1 is 1.35 bits per heavy atom. The Labute approximate surface area is 144 Å². The van der Waals surface area contributed by atoms with Crippen molar-refractivity contribution in [2.45, 2.75) is 52.5 Å². The average Bonchev–Trinajstić information content (AvgIpc) is 2.64. The van der Waals surface area contributed by atoms with Gasteiger partial charge in [0.1, 0.15) is 11.6 Å². The van der Waals surface area contributed by atoms with Crippen LogP contribution in [0, 0.1) is 11.2 Å². The molecule has 2 aromatic rings. The number of hydrogen-bond donors (Lipinski definition) is 1. The Morgan fingerprint density at radius 2 is 2.04 bits per heavy atom. The van der Waals surface area contributed by atoms with Crippen molar-refractivity contribution in [2.24, 2.45) is 5.41 Å². The van der Waals surface area contributed by atoms with Crippen LogP contribution in [0.5, 0.6) is 0 Å². The minimum atomic E-state index is -0.282. The Hall–Kier alpha value is -1.36. The molecule has 1 fully saturated rings. The molecule has 0 atom stereocenters. The van der Waals surface area contributed by atoms with Crippen LogP contribution in [0.4, 0.5) is 10.2 Å². The van der Waals surface area contributed by atoms with E-state index in [4.69, 9.17) is 0 Å². The number of carbonyl (C=O) groups excluding carboxylic acids is 1. The fraction of sp³-hybridized carbons (Fsp3) is 0.500. The van der Waals surface area contributed by atoms with Crippen molar-refractivity contribution in [3.63, 3.8) is 0 Å². The SMILES string of the molecule is CC(C)(C)CC(=O)Nc1cc2cc(F)c(Br)cc2n1C1CCC1. The molecule has 23 heavy (non-hydrogen) atoms. The minimum absolute atomic E-state index is 0.000386. The van der Waals surface area contributed by atoms with Crippen molar-refractivity contribution in [3.05, 3.63) is 28.5 Å². The molecule has 0 bridgehead atoms. The zero-order chi connectivity index (χ0) is 16.8. The molecule has 0 aliphatic heterocycles. The summed E-state index contributed by atoms with van der Waals surface area (Å²) in [6.45, 7) is 6.13. The average molecular weight is 381 g/mol. The maximum Gasteiger partial charge on any atom is 0.226 e. The van der Waals surface area contributed by atoms with Crippen molar-refractivity contribution in [1.29, 1.82) is 0 Å². The number of benzene rings is 1. The maximum absolute atomic E-state index is 13.8. The lowest BCUT2D eigenvalue weighted by molar-refractivity contribution is -0.117. The van der Waals surface area contributed by atoms with E-state index in [-0.39, 0.29) is 17.1 Å². The summed E-state index contributed by atoms with van der Waals surface area (Å²) < 4.78 is 16.4. The summed E-state index contributed by atoms with van der Waals surface area (Å²) in [5.74, 6) is 0.493. The highest BCUT2D eigenvalue weighted by Crippen LogP contribution is 2.39. The fourth-order valence-electron chi connectivity index (χ4n) is 3.03. The fourth-order valence-corrected chi connectivity index (χ4v) is 3.36. The number of aromatic nitrogens is 1. The number of anilines is 1. The summed E-state index contributed by atoms with van der Waals surface area (Å²) in [6.07, 6.45) is 3.85. The molecule has 0 unspecified atom stereocenters. The number of hydrogen-bond acceptors (Lipinski definition) is 1. The van der Waals surface area contributed by atoms with Gasteiger partial charge in [0, 0.05) is 17.8 Å². The number of carbonyl (C=O) groups is 1. The molecule has 1 saturated carbocycles. The third-order valence-corrected chi connectivity index (χ3v) is 4.89. The lowest BCUT2D eigenvalue weighted by Crippen LogP contribution is -2.24. The highest BCUT2D eigenvalue weighted by molar-refractivity contribution is 9.10. The van der Waals surface area contributed by atoms with E-state index in [0.29, 0.717) is 16.9 Å². The van der Waals surface area contributed by atoms with Crippen LogP contribution >= 0.6 is 15.9 Å². The Morgan fingerprint density at radius 3 is 2.61 bits per heavy atom. The summed E-state index contributed by atoms with van der Waals surface area (Å²) in [4.78, 5) is 12.3. The van der Waals surface area contributed by atoms with Gasteiger partial charge in [0.25, 0.3) is 0 Å². The molecule has 1 aromatic heterocycles. The van der Waals surface area contributed by atoms with E-state index in [0.717, 1.165) is 29.6 Å². The molecule has 0 radical (unpaired) electrons. The van der Waals surface area contributed by atoms with E-state index in [9.17, 15) is 9.18 Å². The first kappa shape index (κ1) is 16.5. The molecule has 1 aliphatic rings. The van der Waals surface area contributed by atoms with Gasteiger partial charge in [0.05, 0.1) is 9.99 Å². The van der Waals surface area contributed by atoms with Crippen LogP contribution in [0.25, 0.3) is 10.9 Å². The highest BCUT2D eigenvalue weighted by atomic mass is 79.9.